The van der Waals surface area contributed by atoms with Gasteiger partial charge in [-0.1, -0.05) is 12.8 Å². The minimum atomic E-state index is -0.165. The van der Waals surface area contributed by atoms with E-state index in [1.165, 1.54) is 19.2 Å². The van der Waals surface area contributed by atoms with Crippen LogP contribution in [-0.2, 0) is 0 Å². The number of carbonyl (C=O) groups excluding carboxylic acids is 1. The van der Waals surface area contributed by atoms with Crippen LogP contribution >= 0.6 is 0 Å². The van der Waals surface area contributed by atoms with Crippen LogP contribution in [0.3, 0.4) is 0 Å². The number of hydrogen-bond donors (Lipinski definition) is 1. The predicted octanol–water partition coefficient (Wildman–Crippen LogP) is 3.02. The Morgan fingerprint density at radius 1 is 1.29 bits per heavy atom. The molecule has 0 saturated heterocycles. The number of benzene rings is 1. The second kappa shape index (κ2) is 5.99. The zero-order chi connectivity index (χ0) is 14.7. The highest BCUT2D eigenvalue weighted by Crippen LogP contribution is 2.26. The molecule has 0 atom stereocenters. The lowest BCUT2D eigenvalue weighted by Gasteiger charge is -2.11. The van der Waals surface area contributed by atoms with Crippen LogP contribution in [0.25, 0.3) is 11.3 Å². The lowest BCUT2D eigenvalue weighted by Crippen LogP contribution is -2.33. The van der Waals surface area contributed by atoms with Crippen LogP contribution in [0.2, 0.25) is 0 Å². The van der Waals surface area contributed by atoms with Gasteiger partial charge in [-0.3, -0.25) is 4.79 Å². The first kappa shape index (κ1) is 13.7. The number of aromatic nitrogens is 1. The Morgan fingerprint density at radius 3 is 2.67 bits per heavy atom. The van der Waals surface area contributed by atoms with E-state index in [2.05, 4.69) is 10.3 Å². The lowest BCUT2D eigenvalue weighted by atomic mass is 10.1. The molecule has 110 valence electrons. The minimum Gasteiger partial charge on any atom is -0.497 e. The Morgan fingerprint density at radius 2 is 2.00 bits per heavy atom. The van der Waals surface area contributed by atoms with Gasteiger partial charge in [0.05, 0.1) is 7.11 Å². The summed E-state index contributed by atoms with van der Waals surface area (Å²) in [5, 5.41) is 3.03. The minimum absolute atomic E-state index is 0.165. The molecule has 1 aliphatic carbocycles. The number of nitrogens with zero attached hydrogens (tertiary/aromatic N) is 1. The molecule has 1 aromatic carbocycles. The van der Waals surface area contributed by atoms with E-state index in [9.17, 15) is 4.79 Å². The van der Waals surface area contributed by atoms with E-state index in [1.54, 1.807) is 7.11 Å². The Labute approximate surface area is 123 Å². The summed E-state index contributed by atoms with van der Waals surface area (Å²) in [4.78, 5) is 16.4. The number of amides is 1. The molecular weight excluding hydrogens is 268 g/mol. The first-order valence-electron chi connectivity index (χ1n) is 7.16. The lowest BCUT2D eigenvalue weighted by molar-refractivity contribution is 0.0933. The van der Waals surface area contributed by atoms with E-state index in [0.29, 0.717) is 11.5 Å². The van der Waals surface area contributed by atoms with Gasteiger partial charge in [-0.25, -0.2) is 4.98 Å². The highest BCUT2D eigenvalue weighted by Gasteiger charge is 2.23. The second-order valence-corrected chi connectivity index (χ2v) is 5.21. The summed E-state index contributed by atoms with van der Waals surface area (Å²) >= 11 is 0. The highest BCUT2D eigenvalue weighted by atomic mass is 16.5. The molecule has 0 aliphatic heterocycles. The van der Waals surface area contributed by atoms with Gasteiger partial charge in [0.1, 0.15) is 5.75 Å². The molecular formula is C16H18N2O3. The molecule has 5 nitrogen and oxygen atoms in total. The van der Waals surface area contributed by atoms with Gasteiger partial charge in [-0.2, -0.15) is 0 Å². The SMILES string of the molecule is COc1ccc(-c2ocnc2C(=O)NC2CCCC2)cc1. The second-order valence-electron chi connectivity index (χ2n) is 5.21. The molecule has 1 aliphatic rings. The maximum Gasteiger partial charge on any atom is 0.274 e. The summed E-state index contributed by atoms with van der Waals surface area (Å²) in [6.07, 6.45) is 5.75. The standard InChI is InChI=1S/C16H18N2O3/c1-20-13-8-6-11(7-9-13)15-14(17-10-21-15)16(19)18-12-4-2-3-5-12/h6-10,12H,2-5H2,1H3,(H,18,19). The first-order chi connectivity index (χ1) is 10.3. The first-order valence-corrected chi connectivity index (χ1v) is 7.16. The molecule has 1 heterocycles. The fourth-order valence-electron chi connectivity index (χ4n) is 2.68. The molecule has 0 spiro atoms. The third-order valence-corrected chi connectivity index (χ3v) is 3.83. The third kappa shape index (κ3) is 2.91. The van der Waals surface area contributed by atoms with Crippen LogP contribution in [-0.4, -0.2) is 24.0 Å². The van der Waals surface area contributed by atoms with Crippen molar-refractivity contribution in [3.63, 3.8) is 0 Å². The van der Waals surface area contributed by atoms with Crippen LogP contribution < -0.4 is 10.1 Å². The smallest absolute Gasteiger partial charge is 0.274 e. The molecule has 1 aromatic heterocycles. The molecule has 1 amide bonds. The van der Waals surface area contributed by atoms with Crippen molar-refractivity contribution in [2.75, 3.05) is 7.11 Å². The normalized spacial score (nSPS) is 15.1. The summed E-state index contributed by atoms with van der Waals surface area (Å²) in [6, 6.07) is 7.63. The van der Waals surface area contributed by atoms with Gasteiger partial charge < -0.3 is 14.5 Å². The number of ether oxygens (including phenoxy) is 1. The van der Waals surface area contributed by atoms with Crippen molar-refractivity contribution < 1.29 is 13.9 Å². The highest BCUT2D eigenvalue weighted by molar-refractivity contribution is 5.97. The number of carbonyl (C=O) groups is 1. The van der Waals surface area contributed by atoms with Crippen molar-refractivity contribution in [3.05, 3.63) is 36.4 Å². The topological polar surface area (TPSA) is 64.4 Å². The quantitative estimate of drug-likeness (QED) is 0.938. The Bertz CT molecular complexity index is 613. The van der Waals surface area contributed by atoms with Gasteiger partial charge in [0.2, 0.25) is 0 Å². The van der Waals surface area contributed by atoms with E-state index in [-0.39, 0.29) is 11.9 Å². The zero-order valence-corrected chi connectivity index (χ0v) is 12.0. The zero-order valence-electron chi connectivity index (χ0n) is 12.0. The summed E-state index contributed by atoms with van der Waals surface area (Å²) in [5.41, 5.74) is 1.15. The molecule has 5 heteroatoms. The Balaban J connectivity index is 1.80. The number of rotatable bonds is 4. The average molecular weight is 286 g/mol. The van der Waals surface area contributed by atoms with Crippen molar-refractivity contribution in [1.29, 1.82) is 0 Å². The van der Waals surface area contributed by atoms with E-state index >= 15 is 0 Å². The summed E-state index contributed by atoms with van der Waals surface area (Å²) in [6.45, 7) is 0. The van der Waals surface area contributed by atoms with Crippen LogP contribution in [0.1, 0.15) is 36.2 Å². The molecule has 3 rings (SSSR count). The van der Waals surface area contributed by atoms with E-state index < -0.39 is 0 Å². The monoisotopic (exact) mass is 286 g/mol. The number of oxazole rings is 1. The van der Waals surface area contributed by atoms with Crippen LogP contribution in [0, 0.1) is 0 Å². The Hall–Kier alpha value is -2.30. The Kier molecular flexibility index (Phi) is 3.90. The van der Waals surface area contributed by atoms with Crippen molar-refractivity contribution >= 4 is 5.91 Å². The van der Waals surface area contributed by atoms with Crippen molar-refractivity contribution in [1.82, 2.24) is 10.3 Å². The van der Waals surface area contributed by atoms with Gasteiger partial charge in [-0.15, -0.1) is 0 Å². The van der Waals surface area contributed by atoms with Gasteiger partial charge in [0.25, 0.3) is 5.91 Å². The summed E-state index contributed by atoms with van der Waals surface area (Å²) in [7, 11) is 1.62. The molecule has 0 unspecified atom stereocenters. The maximum absolute atomic E-state index is 12.3. The third-order valence-electron chi connectivity index (χ3n) is 3.83. The average Bonchev–Trinajstić information content (AvgIpc) is 3.18. The molecule has 1 saturated carbocycles. The molecule has 0 bridgehead atoms. The number of hydrogen-bond acceptors (Lipinski definition) is 4. The number of nitrogens with one attached hydrogen (secondary N) is 1. The van der Waals surface area contributed by atoms with Crippen molar-refractivity contribution in [3.8, 4) is 17.1 Å². The molecule has 21 heavy (non-hydrogen) atoms. The van der Waals surface area contributed by atoms with Crippen molar-refractivity contribution in [2.45, 2.75) is 31.7 Å². The van der Waals surface area contributed by atoms with Crippen molar-refractivity contribution in [2.24, 2.45) is 0 Å². The van der Waals surface area contributed by atoms with Gasteiger partial charge in [-0.05, 0) is 37.1 Å². The fraction of sp³-hybridized carbons (Fsp3) is 0.375. The molecule has 0 radical (unpaired) electrons. The molecule has 1 N–H and O–H groups in total. The maximum atomic E-state index is 12.3. The number of methoxy groups -OCH3 is 1. The predicted molar refractivity (Wildman–Crippen MR) is 78.2 cm³/mol. The van der Waals surface area contributed by atoms with Crippen LogP contribution in [0.5, 0.6) is 5.75 Å². The largest absolute Gasteiger partial charge is 0.497 e. The summed E-state index contributed by atoms with van der Waals surface area (Å²) < 4.78 is 10.5. The van der Waals surface area contributed by atoms with E-state index in [4.69, 9.17) is 9.15 Å². The van der Waals surface area contributed by atoms with Gasteiger partial charge >= 0.3 is 0 Å². The van der Waals surface area contributed by atoms with Crippen LogP contribution in [0.4, 0.5) is 0 Å². The van der Waals surface area contributed by atoms with E-state index in [1.807, 2.05) is 24.3 Å². The van der Waals surface area contributed by atoms with Gasteiger partial charge in [0.15, 0.2) is 17.8 Å². The van der Waals surface area contributed by atoms with E-state index in [0.717, 1.165) is 24.2 Å². The fourth-order valence-corrected chi connectivity index (χ4v) is 2.68. The molecule has 1 fully saturated rings. The van der Waals surface area contributed by atoms with Crippen LogP contribution in [0.15, 0.2) is 35.1 Å². The van der Waals surface area contributed by atoms with Gasteiger partial charge in [0, 0.05) is 11.6 Å². The summed E-state index contributed by atoms with van der Waals surface area (Å²) in [5.74, 6) is 1.09. The molecule has 2 aromatic rings.